The van der Waals surface area contributed by atoms with Gasteiger partial charge in [-0.15, -0.1) is 0 Å². The van der Waals surface area contributed by atoms with Gasteiger partial charge in [0.15, 0.2) is 0 Å². The molecular formula is C11H15ClN2O2. The molecule has 1 rings (SSSR count). The average molecular weight is 243 g/mol. The molecule has 4 nitrogen and oxygen atoms in total. The van der Waals surface area contributed by atoms with Gasteiger partial charge >= 0.3 is 0 Å². The molecule has 0 radical (unpaired) electrons. The van der Waals surface area contributed by atoms with Gasteiger partial charge in [-0.05, 0) is 19.1 Å². The van der Waals surface area contributed by atoms with E-state index in [2.05, 4.69) is 5.32 Å². The summed E-state index contributed by atoms with van der Waals surface area (Å²) in [6, 6.07) is 4.97. The van der Waals surface area contributed by atoms with Gasteiger partial charge in [0, 0.05) is 13.7 Å². The Balaban J connectivity index is 2.70. The van der Waals surface area contributed by atoms with Crippen LogP contribution in [-0.2, 0) is 4.74 Å². The van der Waals surface area contributed by atoms with E-state index in [9.17, 15) is 4.79 Å². The van der Waals surface area contributed by atoms with Gasteiger partial charge in [-0.25, -0.2) is 0 Å². The normalized spacial score (nSPS) is 12.2. The monoisotopic (exact) mass is 242 g/mol. The molecule has 0 aliphatic rings. The third kappa shape index (κ3) is 3.12. The number of nitrogen functional groups attached to an aromatic ring is 1. The third-order valence-electron chi connectivity index (χ3n) is 2.23. The predicted molar refractivity (Wildman–Crippen MR) is 64.7 cm³/mol. The molecule has 0 aliphatic carbocycles. The van der Waals surface area contributed by atoms with E-state index in [0.717, 1.165) is 0 Å². The van der Waals surface area contributed by atoms with Crippen molar-refractivity contribution in [2.45, 2.75) is 13.0 Å². The van der Waals surface area contributed by atoms with Gasteiger partial charge < -0.3 is 15.8 Å². The van der Waals surface area contributed by atoms with Crippen molar-refractivity contribution in [3.8, 4) is 0 Å². The lowest BCUT2D eigenvalue weighted by Gasteiger charge is -2.11. The molecule has 0 fully saturated rings. The predicted octanol–water partition coefficient (Wildman–Crippen LogP) is 1.69. The Labute approximate surface area is 99.7 Å². The van der Waals surface area contributed by atoms with Crippen LogP contribution in [0.4, 0.5) is 5.69 Å². The van der Waals surface area contributed by atoms with Crippen LogP contribution in [0.5, 0.6) is 0 Å². The number of benzene rings is 1. The van der Waals surface area contributed by atoms with E-state index in [4.69, 9.17) is 22.1 Å². The van der Waals surface area contributed by atoms with E-state index in [0.29, 0.717) is 17.8 Å². The highest BCUT2D eigenvalue weighted by Gasteiger charge is 2.12. The number of amides is 1. The van der Waals surface area contributed by atoms with E-state index in [1.807, 2.05) is 6.92 Å². The summed E-state index contributed by atoms with van der Waals surface area (Å²) >= 11 is 5.92. The molecule has 5 heteroatoms. The highest BCUT2D eigenvalue weighted by atomic mass is 35.5. The van der Waals surface area contributed by atoms with Crippen LogP contribution in [0.15, 0.2) is 18.2 Å². The van der Waals surface area contributed by atoms with Gasteiger partial charge in [0.1, 0.15) is 0 Å². The van der Waals surface area contributed by atoms with Crippen molar-refractivity contribution in [2.24, 2.45) is 0 Å². The minimum atomic E-state index is -0.249. The Bertz CT molecular complexity index is 382. The smallest absolute Gasteiger partial charge is 0.252 e. The molecule has 1 aromatic rings. The molecule has 0 bridgehead atoms. The van der Waals surface area contributed by atoms with Crippen molar-refractivity contribution in [1.82, 2.24) is 5.32 Å². The van der Waals surface area contributed by atoms with Crippen molar-refractivity contribution in [3.63, 3.8) is 0 Å². The Hall–Kier alpha value is -1.26. The minimum Gasteiger partial charge on any atom is -0.398 e. The van der Waals surface area contributed by atoms with Crippen LogP contribution >= 0.6 is 11.6 Å². The Morgan fingerprint density at radius 3 is 2.94 bits per heavy atom. The van der Waals surface area contributed by atoms with Crippen LogP contribution in [0.2, 0.25) is 5.02 Å². The molecule has 0 saturated heterocycles. The number of rotatable bonds is 4. The molecule has 16 heavy (non-hydrogen) atoms. The summed E-state index contributed by atoms with van der Waals surface area (Å²) < 4.78 is 5.02. The summed E-state index contributed by atoms with van der Waals surface area (Å²) in [7, 11) is 1.59. The van der Waals surface area contributed by atoms with Crippen molar-refractivity contribution in [2.75, 3.05) is 19.4 Å². The number of methoxy groups -OCH3 is 1. The highest BCUT2D eigenvalue weighted by molar-refractivity contribution is 6.36. The molecule has 88 valence electrons. The van der Waals surface area contributed by atoms with Gasteiger partial charge in [0.25, 0.3) is 5.91 Å². The lowest BCUT2D eigenvalue weighted by molar-refractivity contribution is 0.0870. The molecule has 0 saturated carbocycles. The fourth-order valence-electron chi connectivity index (χ4n) is 1.14. The first kappa shape index (κ1) is 12.8. The third-order valence-corrected chi connectivity index (χ3v) is 2.65. The molecule has 0 aromatic heterocycles. The molecule has 1 aromatic carbocycles. The molecule has 0 heterocycles. The summed E-state index contributed by atoms with van der Waals surface area (Å²) in [6.45, 7) is 2.29. The largest absolute Gasteiger partial charge is 0.398 e. The van der Waals surface area contributed by atoms with Crippen molar-refractivity contribution < 1.29 is 9.53 Å². The Morgan fingerprint density at radius 2 is 2.31 bits per heavy atom. The number of anilines is 1. The zero-order valence-corrected chi connectivity index (χ0v) is 10.0. The van der Waals surface area contributed by atoms with E-state index >= 15 is 0 Å². The summed E-state index contributed by atoms with van der Waals surface area (Å²) in [5.41, 5.74) is 6.38. The molecule has 0 spiro atoms. The van der Waals surface area contributed by atoms with E-state index in [-0.39, 0.29) is 17.0 Å². The number of hydrogen-bond donors (Lipinski definition) is 2. The summed E-state index contributed by atoms with van der Waals surface area (Å²) in [4.78, 5) is 11.7. The lowest BCUT2D eigenvalue weighted by Crippen LogP contribution is -2.31. The highest BCUT2D eigenvalue weighted by Crippen LogP contribution is 2.22. The summed E-state index contributed by atoms with van der Waals surface area (Å²) in [5.74, 6) is -0.249. The molecule has 1 unspecified atom stereocenters. The molecule has 0 aliphatic heterocycles. The molecule has 1 amide bonds. The number of carbonyl (C=O) groups excluding carboxylic acids is 1. The Morgan fingerprint density at radius 1 is 1.62 bits per heavy atom. The summed E-state index contributed by atoms with van der Waals surface area (Å²) in [6.07, 6.45) is -0.0382. The van der Waals surface area contributed by atoms with Crippen LogP contribution in [0.3, 0.4) is 0 Å². The second-order valence-electron chi connectivity index (χ2n) is 3.47. The van der Waals surface area contributed by atoms with Crippen LogP contribution in [0.1, 0.15) is 17.3 Å². The van der Waals surface area contributed by atoms with Gasteiger partial charge in [0.05, 0.1) is 22.4 Å². The number of hydrogen-bond acceptors (Lipinski definition) is 3. The molecule has 1 atom stereocenters. The minimum absolute atomic E-state index is 0.0382. The van der Waals surface area contributed by atoms with Crippen LogP contribution in [0.25, 0.3) is 0 Å². The zero-order chi connectivity index (χ0) is 12.1. The number of carbonyl (C=O) groups is 1. The van der Waals surface area contributed by atoms with Crippen LogP contribution < -0.4 is 11.1 Å². The van der Waals surface area contributed by atoms with Crippen LogP contribution in [-0.4, -0.2) is 25.7 Å². The van der Waals surface area contributed by atoms with Crippen LogP contribution in [0, 0.1) is 0 Å². The van der Waals surface area contributed by atoms with Crippen molar-refractivity contribution in [3.05, 3.63) is 28.8 Å². The fraction of sp³-hybridized carbons (Fsp3) is 0.364. The van der Waals surface area contributed by atoms with Gasteiger partial charge in [0.2, 0.25) is 0 Å². The number of halogens is 1. The molecule has 3 N–H and O–H groups in total. The van der Waals surface area contributed by atoms with E-state index < -0.39 is 0 Å². The lowest BCUT2D eigenvalue weighted by atomic mass is 10.2. The first-order valence-corrected chi connectivity index (χ1v) is 5.29. The van der Waals surface area contributed by atoms with Crippen molar-refractivity contribution in [1.29, 1.82) is 0 Å². The van der Waals surface area contributed by atoms with E-state index in [1.165, 1.54) is 0 Å². The quantitative estimate of drug-likeness (QED) is 0.790. The topological polar surface area (TPSA) is 64.3 Å². The Kier molecular flexibility index (Phi) is 4.58. The van der Waals surface area contributed by atoms with Gasteiger partial charge in [-0.3, -0.25) is 4.79 Å². The second kappa shape index (κ2) is 5.72. The number of ether oxygens (including phenoxy) is 1. The second-order valence-corrected chi connectivity index (χ2v) is 3.84. The maximum absolute atomic E-state index is 11.7. The van der Waals surface area contributed by atoms with E-state index in [1.54, 1.807) is 25.3 Å². The summed E-state index contributed by atoms with van der Waals surface area (Å²) in [5, 5.41) is 3.00. The fourth-order valence-corrected chi connectivity index (χ4v) is 1.35. The SMILES string of the molecule is COC(C)CNC(=O)c1cccc(N)c1Cl. The number of nitrogens with two attached hydrogens (primary N) is 1. The first-order chi connectivity index (χ1) is 7.56. The molecular weight excluding hydrogens is 228 g/mol. The maximum Gasteiger partial charge on any atom is 0.252 e. The van der Waals surface area contributed by atoms with Crippen molar-refractivity contribution >= 4 is 23.2 Å². The first-order valence-electron chi connectivity index (χ1n) is 4.91. The zero-order valence-electron chi connectivity index (χ0n) is 9.29. The average Bonchev–Trinajstić information content (AvgIpc) is 2.29. The van der Waals surface area contributed by atoms with Gasteiger partial charge in [-0.2, -0.15) is 0 Å². The maximum atomic E-state index is 11.7. The standard InChI is InChI=1S/C11H15ClN2O2/c1-7(16-2)6-14-11(15)8-4-3-5-9(13)10(8)12/h3-5,7H,6,13H2,1-2H3,(H,14,15). The number of nitrogens with one attached hydrogen (secondary N) is 1. The van der Waals surface area contributed by atoms with Gasteiger partial charge in [-0.1, -0.05) is 17.7 Å².